The van der Waals surface area contributed by atoms with Crippen LogP contribution in [0.15, 0.2) is 59.0 Å². The molecule has 1 saturated heterocycles. The highest BCUT2D eigenvalue weighted by atomic mass is 16.5. The van der Waals surface area contributed by atoms with Gasteiger partial charge in [0.1, 0.15) is 23.0 Å². The number of amides is 1. The minimum absolute atomic E-state index is 0.155. The molecule has 2 aromatic rings. The number of benzene rings is 1. The standard InChI is InChI=1S/C22H29N7O2/c1-16(15-29-13-5-2-6-14-29)31-19-8-4-3-7-17(19)27-28-18-9-10-20(26-22(18)24)25-21(30)11-12-23/h3-4,7-10H,1-2,5-6,11-15,23H2,(H3,24,25,26,30). The van der Waals surface area contributed by atoms with Crippen molar-refractivity contribution in [3.05, 3.63) is 48.7 Å². The summed E-state index contributed by atoms with van der Waals surface area (Å²) >= 11 is 0. The van der Waals surface area contributed by atoms with Gasteiger partial charge in [-0.1, -0.05) is 25.1 Å². The number of nitrogens with zero attached hydrogens (tertiary/aromatic N) is 4. The van der Waals surface area contributed by atoms with Gasteiger partial charge in [-0.15, -0.1) is 10.2 Å². The third-order valence-corrected chi connectivity index (χ3v) is 4.77. The Morgan fingerprint density at radius 3 is 2.61 bits per heavy atom. The van der Waals surface area contributed by atoms with Gasteiger partial charge in [-0.05, 0) is 50.2 Å². The second-order valence-corrected chi connectivity index (χ2v) is 7.33. The summed E-state index contributed by atoms with van der Waals surface area (Å²) in [6.07, 6.45) is 3.92. The Morgan fingerprint density at radius 2 is 1.87 bits per heavy atom. The van der Waals surface area contributed by atoms with Crippen LogP contribution in [0.4, 0.5) is 23.0 Å². The SMILES string of the molecule is C=C(CN1CCCCC1)Oc1ccccc1N=Nc1ccc(NC(=O)CCN)nc1N. The van der Waals surface area contributed by atoms with Crippen LogP contribution in [0.3, 0.4) is 0 Å². The third-order valence-electron chi connectivity index (χ3n) is 4.77. The van der Waals surface area contributed by atoms with Crippen molar-refractivity contribution in [2.24, 2.45) is 16.0 Å². The van der Waals surface area contributed by atoms with Gasteiger partial charge in [-0.2, -0.15) is 0 Å². The maximum atomic E-state index is 11.6. The Morgan fingerprint density at radius 1 is 1.13 bits per heavy atom. The van der Waals surface area contributed by atoms with Crippen LogP contribution in [-0.4, -0.2) is 42.0 Å². The van der Waals surface area contributed by atoms with Crippen LogP contribution in [-0.2, 0) is 4.79 Å². The molecule has 9 nitrogen and oxygen atoms in total. The van der Waals surface area contributed by atoms with E-state index >= 15 is 0 Å². The zero-order chi connectivity index (χ0) is 22.1. The summed E-state index contributed by atoms with van der Waals surface area (Å²) < 4.78 is 5.96. The summed E-state index contributed by atoms with van der Waals surface area (Å²) in [5.41, 5.74) is 12.3. The van der Waals surface area contributed by atoms with E-state index in [0.717, 1.165) is 13.1 Å². The van der Waals surface area contributed by atoms with Crippen LogP contribution in [0.2, 0.25) is 0 Å². The van der Waals surface area contributed by atoms with Gasteiger partial charge >= 0.3 is 0 Å². The van der Waals surface area contributed by atoms with Crippen molar-refractivity contribution in [3.63, 3.8) is 0 Å². The fourth-order valence-corrected chi connectivity index (χ4v) is 3.25. The van der Waals surface area contributed by atoms with Crippen molar-refractivity contribution in [1.29, 1.82) is 0 Å². The molecule has 1 fully saturated rings. The number of hydrogen-bond acceptors (Lipinski definition) is 8. The van der Waals surface area contributed by atoms with Gasteiger partial charge in [-0.3, -0.25) is 9.69 Å². The number of nitrogen functional groups attached to an aromatic ring is 1. The number of ether oxygens (including phenoxy) is 1. The van der Waals surface area contributed by atoms with E-state index in [9.17, 15) is 4.79 Å². The molecule has 9 heteroatoms. The number of nitrogens with two attached hydrogens (primary N) is 2. The van der Waals surface area contributed by atoms with Gasteiger partial charge in [0.05, 0.1) is 6.54 Å². The van der Waals surface area contributed by atoms with Gasteiger partial charge in [0, 0.05) is 13.0 Å². The maximum Gasteiger partial charge on any atom is 0.226 e. The molecule has 2 heterocycles. The molecule has 0 bridgehead atoms. The van der Waals surface area contributed by atoms with Crippen LogP contribution in [0, 0.1) is 0 Å². The molecule has 0 unspecified atom stereocenters. The zero-order valence-electron chi connectivity index (χ0n) is 17.6. The average molecular weight is 424 g/mol. The lowest BCUT2D eigenvalue weighted by atomic mass is 10.1. The molecule has 0 radical (unpaired) electrons. The second-order valence-electron chi connectivity index (χ2n) is 7.33. The predicted molar refractivity (Wildman–Crippen MR) is 122 cm³/mol. The second kappa shape index (κ2) is 11.2. The molecular weight excluding hydrogens is 394 g/mol. The van der Waals surface area contributed by atoms with Crippen molar-refractivity contribution in [2.75, 3.05) is 37.2 Å². The number of piperidine rings is 1. The molecule has 3 rings (SSSR count). The van der Waals surface area contributed by atoms with Crippen molar-refractivity contribution >= 4 is 28.9 Å². The summed E-state index contributed by atoms with van der Waals surface area (Å²) in [5, 5.41) is 11.1. The summed E-state index contributed by atoms with van der Waals surface area (Å²) in [4.78, 5) is 18.1. The first-order valence-electron chi connectivity index (χ1n) is 10.4. The number of aromatic nitrogens is 1. The largest absolute Gasteiger partial charge is 0.459 e. The van der Waals surface area contributed by atoms with E-state index in [1.165, 1.54) is 19.3 Å². The number of nitrogens with one attached hydrogen (secondary N) is 1. The Hall–Kier alpha value is -3.30. The van der Waals surface area contributed by atoms with E-state index in [0.29, 0.717) is 35.2 Å². The van der Waals surface area contributed by atoms with Gasteiger partial charge in [-0.25, -0.2) is 4.98 Å². The zero-order valence-corrected chi connectivity index (χ0v) is 17.6. The van der Waals surface area contributed by atoms with Crippen molar-refractivity contribution in [1.82, 2.24) is 9.88 Å². The van der Waals surface area contributed by atoms with E-state index < -0.39 is 0 Å². The molecule has 5 N–H and O–H groups in total. The lowest BCUT2D eigenvalue weighted by molar-refractivity contribution is -0.116. The van der Waals surface area contributed by atoms with Gasteiger partial charge < -0.3 is 21.5 Å². The number of rotatable bonds is 9. The molecule has 0 aliphatic carbocycles. The number of para-hydroxylation sites is 1. The number of carbonyl (C=O) groups excluding carboxylic acids is 1. The molecule has 1 aliphatic rings. The highest BCUT2D eigenvalue weighted by Crippen LogP contribution is 2.31. The number of pyridine rings is 1. The van der Waals surface area contributed by atoms with Crippen molar-refractivity contribution in [2.45, 2.75) is 25.7 Å². The molecular formula is C22H29N7O2. The molecule has 0 spiro atoms. The number of carbonyl (C=O) groups is 1. The van der Waals surface area contributed by atoms with Crippen molar-refractivity contribution < 1.29 is 9.53 Å². The molecule has 1 aromatic heterocycles. The Kier molecular flexibility index (Phi) is 8.08. The Labute approximate surface area is 182 Å². The van der Waals surface area contributed by atoms with E-state index in [-0.39, 0.29) is 24.7 Å². The van der Waals surface area contributed by atoms with E-state index in [1.54, 1.807) is 18.2 Å². The fourth-order valence-electron chi connectivity index (χ4n) is 3.25. The predicted octanol–water partition coefficient (Wildman–Crippen LogP) is 3.74. The summed E-state index contributed by atoms with van der Waals surface area (Å²) in [6, 6.07) is 10.6. The smallest absolute Gasteiger partial charge is 0.226 e. The van der Waals surface area contributed by atoms with E-state index in [4.69, 9.17) is 16.2 Å². The fraction of sp³-hybridized carbons (Fsp3) is 0.364. The normalized spacial score (nSPS) is 14.5. The third kappa shape index (κ3) is 6.87. The van der Waals surface area contributed by atoms with Gasteiger partial charge in [0.2, 0.25) is 5.91 Å². The molecule has 1 aromatic carbocycles. The van der Waals surface area contributed by atoms with Crippen LogP contribution in [0.5, 0.6) is 5.75 Å². The number of likely N-dealkylation sites (tertiary alicyclic amines) is 1. The summed E-state index contributed by atoms with van der Waals surface area (Å²) in [5.74, 6) is 1.52. The molecule has 1 amide bonds. The lowest BCUT2D eigenvalue weighted by Gasteiger charge is -2.26. The van der Waals surface area contributed by atoms with Gasteiger partial charge in [0.15, 0.2) is 11.6 Å². The Balaban J connectivity index is 1.65. The molecule has 0 saturated carbocycles. The molecule has 1 aliphatic heterocycles. The Bertz CT molecular complexity index is 939. The van der Waals surface area contributed by atoms with Gasteiger partial charge in [0.25, 0.3) is 0 Å². The minimum atomic E-state index is -0.223. The highest BCUT2D eigenvalue weighted by molar-refractivity contribution is 5.90. The number of hydrogen-bond donors (Lipinski definition) is 3. The van der Waals surface area contributed by atoms with Crippen LogP contribution < -0.4 is 21.5 Å². The summed E-state index contributed by atoms with van der Waals surface area (Å²) in [6.45, 7) is 7.15. The van der Waals surface area contributed by atoms with Crippen LogP contribution in [0.1, 0.15) is 25.7 Å². The van der Waals surface area contributed by atoms with E-state index in [2.05, 4.69) is 32.0 Å². The van der Waals surface area contributed by atoms with Crippen LogP contribution in [0.25, 0.3) is 0 Å². The molecule has 164 valence electrons. The monoisotopic (exact) mass is 423 g/mol. The quantitative estimate of drug-likeness (QED) is 0.416. The average Bonchev–Trinajstić information content (AvgIpc) is 2.75. The summed E-state index contributed by atoms with van der Waals surface area (Å²) in [7, 11) is 0. The number of azo groups is 1. The minimum Gasteiger partial charge on any atom is -0.459 e. The van der Waals surface area contributed by atoms with Crippen molar-refractivity contribution in [3.8, 4) is 5.75 Å². The van der Waals surface area contributed by atoms with Crippen LogP contribution >= 0.6 is 0 Å². The maximum absolute atomic E-state index is 11.6. The topological polar surface area (TPSA) is 131 Å². The number of anilines is 2. The lowest BCUT2D eigenvalue weighted by Crippen LogP contribution is -2.32. The molecule has 0 atom stereocenters. The first-order valence-corrected chi connectivity index (χ1v) is 10.4. The first-order chi connectivity index (χ1) is 15.0. The first kappa shape index (κ1) is 22.4. The highest BCUT2D eigenvalue weighted by Gasteiger charge is 2.13. The molecule has 31 heavy (non-hydrogen) atoms. The van der Waals surface area contributed by atoms with E-state index in [1.807, 2.05) is 18.2 Å².